The van der Waals surface area contributed by atoms with Crippen LogP contribution in [0.2, 0.25) is 10.0 Å². The number of carboxylic acids is 2. The fourth-order valence-corrected chi connectivity index (χ4v) is 12.8. The molecule has 85 heavy (non-hydrogen) atoms. The van der Waals surface area contributed by atoms with Crippen molar-refractivity contribution in [3.63, 3.8) is 0 Å². The molecule has 4 N–H and O–H groups in total. The third-order valence-electron chi connectivity index (χ3n) is 14.6. The maximum Gasteiger partial charge on any atom is 0.338 e. The molecule has 10 rings (SSSR count). The summed E-state index contributed by atoms with van der Waals surface area (Å²) in [5.74, 6) is -2.68. The van der Waals surface area contributed by atoms with Crippen LogP contribution in [0.4, 0.5) is 18.4 Å². The number of urea groups is 2. The Morgan fingerprint density at radius 1 is 0.682 bits per heavy atom. The number of aliphatic carboxylic acids is 2. The lowest BCUT2D eigenvalue weighted by molar-refractivity contribution is -0.138. The number of esters is 2. The van der Waals surface area contributed by atoms with Crippen molar-refractivity contribution < 1.29 is 57.2 Å². The van der Waals surface area contributed by atoms with Crippen LogP contribution >= 0.6 is 61.8 Å². The maximum absolute atomic E-state index is 13.9. The van der Waals surface area contributed by atoms with Gasteiger partial charge in [-0.25, -0.2) is 37.9 Å². The van der Waals surface area contributed by atoms with Gasteiger partial charge in [0.2, 0.25) is 0 Å². The van der Waals surface area contributed by atoms with E-state index >= 15 is 0 Å². The van der Waals surface area contributed by atoms with Crippen molar-refractivity contribution in [2.45, 2.75) is 96.8 Å². The van der Waals surface area contributed by atoms with Gasteiger partial charge in [-0.05, 0) is 69.2 Å². The number of benzene rings is 2. The average Bonchev–Trinajstić information content (AvgIpc) is 2.54. The number of piperazine rings is 1. The zero-order valence-corrected chi connectivity index (χ0v) is 50.1. The molecule has 4 fully saturated rings. The van der Waals surface area contributed by atoms with Crippen LogP contribution in [0, 0.1) is 11.6 Å². The molecule has 28 heteroatoms. The van der Waals surface area contributed by atoms with E-state index in [2.05, 4.69) is 46.4 Å². The van der Waals surface area contributed by atoms with Crippen molar-refractivity contribution >= 4 is 109 Å². The number of nitrogens with zero attached hydrogens (tertiary/aromatic N) is 9. The summed E-state index contributed by atoms with van der Waals surface area (Å²) in [6, 6.07) is 6.92. The summed E-state index contributed by atoms with van der Waals surface area (Å²) < 4.78 is 37.4. The number of amidine groups is 2. The first kappa shape index (κ1) is 67.5. The van der Waals surface area contributed by atoms with E-state index in [0.29, 0.717) is 126 Å². The molecule has 0 bridgehead atoms. The van der Waals surface area contributed by atoms with E-state index in [1.807, 2.05) is 25.5 Å². The Labute approximate surface area is 518 Å². The van der Waals surface area contributed by atoms with Gasteiger partial charge >= 0.3 is 35.9 Å². The number of thiazole rings is 2. The van der Waals surface area contributed by atoms with E-state index in [9.17, 15) is 37.5 Å². The molecule has 460 valence electrons. The normalized spacial score (nSPS) is 20.0. The number of unbranched alkanes of at least 4 members (excludes halogenated alkanes) is 2. The van der Waals surface area contributed by atoms with E-state index < -0.39 is 47.6 Å². The number of carboxylic acid groups (broad SMARTS) is 2. The fraction of sp³-hybridized carbons (Fsp3) is 0.474. The average molecular weight is 1320 g/mol. The zero-order chi connectivity index (χ0) is 59.3. The van der Waals surface area contributed by atoms with Crippen molar-refractivity contribution in [2.24, 2.45) is 9.98 Å². The van der Waals surface area contributed by atoms with Gasteiger partial charge in [-0.3, -0.25) is 24.5 Å². The summed E-state index contributed by atoms with van der Waals surface area (Å²) in [5.41, 5.74) is 2.73. The van der Waals surface area contributed by atoms with Crippen LogP contribution in [0.15, 0.2) is 92.1 Å². The second kappa shape index (κ2) is 31.7. The first-order valence-electron chi connectivity index (χ1n) is 26.8. The molecular weight excluding hydrogens is 1250 g/mol. The number of ether oxygens (including phenoxy) is 2. The number of hydrogen-bond donors (Lipinski definition) is 4. The quantitative estimate of drug-likeness (QED) is 0.0387. The molecule has 6 aliphatic rings. The molecule has 0 unspecified atom stereocenters. The van der Waals surface area contributed by atoms with Gasteiger partial charge in [-0.1, -0.05) is 66.1 Å². The minimum absolute atomic E-state index is 0. The first-order valence-corrected chi connectivity index (χ1v) is 30.5. The standard InChI is InChI=1S/C27H30ClFN6O5S.C16H12BrClFN3O2S.C12H20N2O3.2CH4/c1-40-26(38)22-20(15-33-9-10-35-17(13-33)14-34(27(35)39)8-3-2-4-21(36)37)31-24(25-30-7-11-41-25)32-23(22)18-6-5-16(29)12-19(18)28;1-24-16(23)12-11(7-17)21-14(15-20-4-5-25-15)22-13(12)9-3-2-8(19)6-10(9)18;15-11(16)6-2-3-7-13-9-10-5-1-4-8-14(10)12(13)17;;/h5-7,11-12,17,23H,2-4,8-10,13-15H2,1H3,(H,31,32)(H,36,37);2-6,13H,7H2,1H3,(H,21,22);10H,1-9H2,(H,15,16);2*1H4/t17-,23-;13-;10-;;/m000../s1. The van der Waals surface area contributed by atoms with Gasteiger partial charge in [0.05, 0.1) is 37.4 Å². The lowest BCUT2D eigenvalue weighted by atomic mass is 9.95. The molecule has 6 aliphatic heterocycles. The van der Waals surface area contributed by atoms with Crippen LogP contribution in [0.5, 0.6) is 0 Å². The third-order valence-corrected chi connectivity index (χ3v) is 17.4. The van der Waals surface area contributed by atoms with Gasteiger partial charge in [0.15, 0.2) is 21.7 Å². The summed E-state index contributed by atoms with van der Waals surface area (Å²) in [7, 11) is 2.59. The number of rotatable bonds is 19. The number of carbonyl (C=O) groups is 6. The molecular formula is C57H70BrCl2F2N11O10S2. The van der Waals surface area contributed by atoms with E-state index in [-0.39, 0.29) is 61.4 Å². The van der Waals surface area contributed by atoms with Crippen LogP contribution in [-0.4, -0.2) is 183 Å². The Bertz CT molecular complexity index is 3160. The summed E-state index contributed by atoms with van der Waals surface area (Å²) in [4.78, 5) is 99.3. The van der Waals surface area contributed by atoms with Gasteiger partial charge in [0, 0.05) is 133 Å². The van der Waals surface area contributed by atoms with Crippen LogP contribution < -0.4 is 10.6 Å². The minimum atomic E-state index is -0.846. The molecule has 0 saturated carbocycles. The highest BCUT2D eigenvalue weighted by atomic mass is 79.9. The van der Waals surface area contributed by atoms with Crippen molar-refractivity contribution in [1.82, 2.24) is 45.1 Å². The van der Waals surface area contributed by atoms with Crippen molar-refractivity contribution in [3.05, 3.63) is 125 Å². The third kappa shape index (κ3) is 16.9. The Balaban J connectivity index is 0.000000223. The van der Waals surface area contributed by atoms with Crippen molar-refractivity contribution in [1.29, 1.82) is 0 Å². The molecule has 2 aromatic heterocycles. The predicted molar refractivity (Wildman–Crippen MR) is 325 cm³/mol. The molecule has 0 radical (unpaired) electrons. The van der Waals surface area contributed by atoms with Gasteiger partial charge in [0.1, 0.15) is 23.7 Å². The van der Waals surface area contributed by atoms with Gasteiger partial charge in [0.25, 0.3) is 0 Å². The number of halogens is 5. The summed E-state index contributed by atoms with van der Waals surface area (Å²) in [5, 5.41) is 29.5. The predicted octanol–water partition coefficient (Wildman–Crippen LogP) is 9.78. The lowest BCUT2D eigenvalue weighted by Gasteiger charge is -2.38. The fourth-order valence-electron chi connectivity index (χ4n) is 10.6. The van der Waals surface area contributed by atoms with Gasteiger partial charge in [-0.2, -0.15) is 0 Å². The molecule has 4 amide bonds. The second-order valence-corrected chi connectivity index (χ2v) is 23.2. The van der Waals surface area contributed by atoms with E-state index in [0.717, 1.165) is 32.4 Å². The molecule has 4 saturated heterocycles. The number of piperidine rings is 1. The number of allylic oxidation sites excluding steroid dienone is 1. The van der Waals surface area contributed by atoms with Crippen LogP contribution in [-0.2, 0) is 28.7 Å². The minimum Gasteiger partial charge on any atom is -0.481 e. The van der Waals surface area contributed by atoms with Crippen LogP contribution in [0.25, 0.3) is 0 Å². The maximum atomic E-state index is 13.9. The van der Waals surface area contributed by atoms with Gasteiger partial charge < -0.3 is 49.9 Å². The Hall–Kier alpha value is -6.58. The topological polar surface area (TPSA) is 252 Å². The number of amides is 4. The number of aromatic nitrogens is 2. The Morgan fingerprint density at radius 3 is 1.61 bits per heavy atom. The summed E-state index contributed by atoms with van der Waals surface area (Å²) in [6.07, 6.45) is 9.68. The van der Waals surface area contributed by atoms with E-state index in [4.69, 9.17) is 47.9 Å². The number of fused-ring (bicyclic) bond motifs is 2. The summed E-state index contributed by atoms with van der Waals surface area (Å²) in [6.45, 7) is 5.56. The molecule has 4 atom stereocenters. The van der Waals surface area contributed by atoms with Crippen LogP contribution in [0.3, 0.4) is 0 Å². The molecule has 4 aromatic rings. The SMILES string of the molecule is C.C.COC(=O)C1=C(CBr)NC(c2nccs2)=N[C@H]1c1ccc(F)cc1Cl.COC(=O)C1=C(CN2CCN3C(=O)N(CCCCC(=O)O)C[C@@H]3C2)NC(c2nccs2)=N[C@H]1c1ccc(F)cc1Cl.O=C(O)CCCCN1C[C@@H]2CCCCN2C1=O. The largest absolute Gasteiger partial charge is 0.481 e. The van der Waals surface area contributed by atoms with E-state index in [1.165, 1.54) is 79.7 Å². The molecule has 8 heterocycles. The monoisotopic (exact) mass is 1320 g/mol. The number of aliphatic imine (C=N–C) groups is 2. The van der Waals surface area contributed by atoms with E-state index in [1.54, 1.807) is 17.3 Å². The molecule has 21 nitrogen and oxygen atoms in total. The van der Waals surface area contributed by atoms with Crippen molar-refractivity contribution in [2.75, 3.05) is 78.5 Å². The lowest BCUT2D eigenvalue weighted by Crippen LogP contribution is -2.53. The smallest absolute Gasteiger partial charge is 0.338 e. The Kier molecular flexibility index (Phi) is 25.2. The van der Waals surface area contributed by atoms with Gasteiger partial charge in [-0.15, -0.1) is 22.7 Å². The molecule has 0 aliphatic carbocycles. The number of alkyl halides is 1. The second-order valence-electron chi connectivity index (χ2n) is 20.0. The molecule has 0 spiro atoms. The highest BCUT2D eigenvalue weighted by molar-refractivity contribution is 9.09. The number of methoxy groups -OCH3 is 2. The highest BCUT2D eigenvalue weighted by Gasteiger charge is 2.42. The zero-order valence-electron chi connectivity index (χ0n) is 45.4. The van der Waals surface area contributed by atoms with Crippen molar-refractivity contribution in [3.8, 4) is 0 Å². The highest BCUT2D eigenvalue weighted by Crippen LogP contribution is 2.39. The molecule has 2 aromatic carbocycles. The Morgan fingerprint density at radius 2 is 1.16 bits per heavy atom. The number of nitrogens with one attached hydrogen (secondary N) is 2. The number of carbonyl (C=O) groups excluding carboxylic acids is 4. The summed E-state index contributed by atoms with van der Waals surface area (Å²) >= 11 is 18.8. The number of hydrogen-bond acceptors (Lipinski definition) is 17. The first-order chi connectivity index (χ1) is 40.0. The van der Waals surface area contributed by atoms with Crippen LogP contribution in [0.1, 0.15) is 106 Å².